The Balaban J connectivity index is 2.10. The Morgan fingerprint density at radius 1 is 1.21 bits per heavy atom. The van der Waals surface area contributed by atoms with E-state index in [1.807, 2.05) is 0 Å². The first kappa shape index (κ1) is 22.0. The molecule has 2 aromatic rings. The molecular weight excluding hydrogens is 399 g/mol. The lowest BCUT2D eigenvalue weighted by Crippen LogP contribution is -2.30. The molecule has 29 heavy (non-hydrogen) atoms. The van der Waals surface area contributed by atoms with Crippen molar-refractivity contribution in [2.45, 2.75) is 13.0 Å². The Bertz CT molecular complexity index is 925. The molecule has 6 nitrogen and oxygen atoms in total. The van der Waals surface area contributed by atoms with E-state index in [1.165, 1.54) is 42.5 Å². The number of aromatic carboxylic acids is 1. The van der Waals surface area contributed by atoms with Crippen LogP contribution in [-0.2, 0) is 4.79 Å². The van der Waals surface area contributed by atoms with Gasteiger partial charge < -0.3 is 20.9 Å². The second kappa shape index (κ2) is 10.3. The van der Waals surface area contributed by atoms with Gasteiger partial charge in [0.2, 0.25) is 0 Å². The largest absolute Gasteiger partial charge is 0.489 e. The first-order valence-electron chi connectivity index (χ1n) is 8.60. The third kappa shape index (κ3) is 6.65. The molecule has 1 unspecified atom stereocenters. The van der Waals surface area contributed by atoms with Gasteiger partial charge in [0, 0.05) is 6.20 Å². The standard InChI is InChI=1S/C21H20ClFN2O4/c1-13(14-2-4-15(5-3-14)21(27)28)25-20(26)16(10-17(22)11-24)12-29-19-8-6-18(23)7-9-19/h2-11,13H,12,24H2,1H3,(H,25,26)(H,27,28)/b16-10+,17-11+. The van der Waals surface area contributed by atoms with Gasteiger partial charge in [-0.2, -0.15) is 0 Å². The molecule has 0 bridgehead atoms. The number of hydrogen-bond acceptors (Lipinski definition) is 4. The zero-order valence-electron chi connectivity index (χ0n) is 15.6. The summed E-state index contributed by atoms with van der Waals surface area (Å²) in [6.45, 7) is 1.64. The molecular formula is C21H20ClFN2O4. The molecule has 2 aromatic carbocycles. The van der Waals surface area contributed by atoms with Crippen molar-refractivity contribution in [3.63, 3.8) is 0 Å². The van der Waals surface area contributed by atoms with Crippen LogP contribution in [0.4, 0.5) is 4.39 Å². The Kier molecular flexibility index (Phi) is 7.79. The van der Waals surface area contributed by atoms with Crippen LogP contribution in [0, 0.1) is 5.82 Å². The molecule has 4 N–H and O–H groups in total. The first-order valence-corrected chi connectivity index (χ1v) is 8.98. The van der Waals surface area contributed by atoms with Crippen LogP contribution in [0.2, 0.25) is 0 Å². The monoisotopic (exact) mass is 418 g/mol. The van der Waals surface area contributed by atoms with Gasteiger partial charge in [-0.15, -0.1) is 0 Å². The van der Waals surface area contributed by atoms with Crippen LogP contribution in [-0.4, -0.2) is 23.6 Å². The SMILES string of the molecule is CC(NC(=O)/C(=C/C(Cl)=C\N)COc1ccc(F)cc1)c1ccc(C(=O)O)cc1. The average Bonchev–Trinajstić information content (AvgIpc) is 2.71. The fourth-order valence-electron chi connectivity index (χ4n) is 2.37. The maximum atomic E-state index is 13.0. The van der Waals surface area contributed by atoms with Crippen LogP contribution in [0.1, 0.15) is 28.9 Å². The van der Waals surface area contributed by atoms with Crippen molar-refractivity contribution < 1.29 is 23.8 Å². The summed E-state index contributed by atoms with van der Waals surface area (Å²) < 4.78 is 18.5. The zero-order chi connectivity index (χ0) is 21.4. The zero-order valence-corrected chi connectivity index (χ0v) is 16.3. The van der Waals surface area contributed by atoms with Crippen molar-refractivity contribution in [2.24, 2.45) is 5.73 Å². The van der Waals surface area contributed by atoms with E-state index in [2.05, 4.69) is 5.32 Å². The lowest BCUT2D eigenvalue weighted by molar-refractivity contribution is -0.118. The van der Waals surface area contributed by atoms with Crippen LogP contribution in [0.25, 0.3) is 0 Å². The van der Waals surface area contributed by atoms with Gasteiger partial charge in [0.1, 0.15) is 18.2 Å². The molecule has 0 aliphatic carbocycles. The smallest absolute Gasteiger partial charge is 0.335 e. The number of hydrogen-bond donors (Lipinski definition) is 3. The number of nitrogens with two attached hydrogens (primary N) is 1. The fraction of sp³-hybridized carbons (Fsp3) is 0.143. The normalized spacial score (nSPS) is 12.9. The molecule has 1 atom stereocenters. The van der Waals surface area contributed by atoms with Gasteiger partial charge in [0.25, 0.3) is 5.91 Å². The first-order chi connectivity index (χ1) is 13.8. The summed E-state index contributed by atoms with van der Waals surface area (Å²) in [7, 11) is 0. The van der Waals surface area contributed by atoms with Gasteiger partial charge in [0.15, 0.2) is 0 Å². The number of carboxylic acids is 1. The number of benzene rings is 2. The summed E-state index contributed by atoms with van der Waals surface area (Å²) in [5.74, 6) is -1.49. The lowest BCUT2D eigenvalue weighted by atomic mass is 10.1. The van der Waals surface area contributed by atoms with E-state index < -0.39 is 23.7 Å². The van der Waals surface area contributed by atoms with Gasteiger partial charge in [-0.3, -0.25) is 4.79 Å². The van der Waals surface area contributed by atoms with Gasteiger partial charge in [-0.05, 0) is 55.0 Å². The third-order valence-electron chi connectivity index (χ3n) is 3.98. The lowest BCUT2D eigenvalue weighted by Gasteiger charge is -2.17. The Hall–Kier alpha value is -3.32. The minimum Gasteiger partial charge on any atom is -0.489 e. The van der Waals surface area contributed by atoms with Crippen LogP contribution in [0.5, 0.6) is 5.75 Å². The molecule has 0 aliphatic rings. The quantitative estimate of drug-likeness (QED) is 0.447. The number of nitrogens with one attached hydrogen (secondary N) is 1. The Morgan fingerprint density at radius 2 is 1.83 bits per heavy atom. The van der Waals surface area contributed by atoms with E-state index in [0.29, 0.717) is 5.75 Å². The number of carbonyl (C=O) groups excluding carboxylic acids is 1. The molecule has 152 valence electrons. The molecule has 0 heterocycles. The van der Waals surface area contributed by atoms with Gasteiger partial charge in [-0.25, -0.2) is 9.18 Å². The van der Waals surface area contributed by atoms with Crippen LogP contribution in [0.15, 0.2) is 71.4 Å². The van der Waals surface area contributed by atoms with Crippen molar-refractivity contribution in [1.82, 2.24) is 5.32 Å². The minimum atomic E-state index is -1.03. The van der Waals surface area contributed by atoms with Crippen molar-refractivity contribution in [3.05, 3.63) is 88.4 Å². The number of halogens is 2. The molecule has 1 amide bonds. The van der Waals surface area contributed by atoms with Gasteiger partial charge >= 0.3 is 5.97 Å². The molecule has 0 spiro atoms. The van der Waals surface area contributed by atoms with Crippen LogP contribution in [0.3, 0.4) is 0 Å². The molecule has 0 aliphatic heterocycles. The minimum absolute atomic E-state index is 0.119. The summed E-state index contributed by atoms with van der Waals surface area (Å²) in [4.78, 5) is 23.6. The molecule has 0 radical (unpaired) electrons. The highest BCUT2D eigenvalue weighted by atomic mass is 35.5. The average molecular weight is 419 g/mol. The maximum Gasteiger partial charge on any atom is 0.335 e. The molecule has 0 saturated carbocycles. The van der Waals surface area contributed by atoms with E-state index in [0.717, 1.165) is 11.8 Å². The van der Waals surface area contributed by atoms with E-state index in [9.17, 15) is 14.0 Å². The van der Waals surface area contributed by atoms with Crippen molar-refractivity contribution in [3.8, 4) is 5.75 Å². The second-order valence-corrected chi connectivity index (χ2v) is 6.52. The fourth-order valence-corrected chi connectivity index (χ4v) is 2.50. The summed E-state index contributed by atoms with van der Waals surface area (Å²) in [6.07, 6.45) is 2.52. The van der Waals surface area contributed by atoms with Gasteiger partial charge in [0.05, 0.1) is 22.2 Å². The predicted molar refractivity (Wildman–Crippen MR) is 108 cm³/mol. The van der Waals surface area contributed by atoms with E-state index in [1.54, 1.807) is 19.1 Å². The highest BCUT2D eigenvalue weighted by molar-refractivity contribution is 6.31. The molecule has 2 rings (SSSR count). The molecule has 8 heteroatoms. The second-order valence-electron chi connectivity index (χ2n) is 6.09. The van der Waals surface area contributed by atoms with Crippen LogP contribution < -0.4 is 15.8 Å². The summed E-state index contributed by atoms with van der Waals surface area (Å²) in [5, 5.41) is 11.9. The number of amides is 1. The predicted octanol–water partition coefficient (Wildman–Crippen LogP) is 3.75. The molecule has 0 fully saturated rings. The van der Waals surface area contributed by atoms with Crippen molar-refractivity contribution >= 4 is 23.5 Å². The summed E-state index contributed by atoms with van der Waals surface area (Å²) in [6, 6.07) is 11.1. The topological polar surface area (TPSA) is 102 Å². The van der Waals surface area contributed by atoms with E-state index >= 15 is 0 Å². The van der Waals surface area contributed by atoms with E-state index in [-0.39, 0.29) is 22.8 Å². The summed E-state index contributed by atoms with van der Waals surface area (Å²) >= 11 is 5.93. The Morgan fingerprint density at radius 3 is 2.38 bits per heavy atom. The van der Waals surface area contributed by atoms with Gasteiger partial charge in [-0.1, -0.05) is 23.7 Å². The summed E-state index contributed by atoms with van der Waals surface area (Å²) in [5.41, 5.74) is 6.46. The highest BCUT2D eigenvalue weighted by Gasteiger charge is 2.16. The Labute approximate surface area is 172 Å². The number of rotatable bonds is 8. The molecule has 0 saturated heterocycles. The van der Waals surface area contributed by atoms with Crippen LogP contribution >= 0.6 is 11.6 Å². The van der Waals surface area contributed by atoms with Crippen molar-refractivity contribution in [1.29, 1.82) is 0 Å². The number of carboxylic acid groups (broad SMARTS) is 1. The number of allylic oxidation sites excluding steroid dienone is 2. The number of ether oxygens (including phenoxy) is 1. The third-order valence-corrected chi connectivity index (χ3v) is 4.21. The van der Waals surface area contributed by atoms with Crippen molar-refractivity contribution in [2.75, 3.05) is 6.61 Å². The maximum absolute atomic E-state index is 13.0. The highest BCUT2D eigenvalue weighted by Crippen LogP contribution is 2.17. The number of carbonyl (C=O) groups is 2. The van der Waals surface area contributed by atoms with E-state index in [4.69, 9.17) is 27.2 Å². The molecule has 0 aromatic heterocycles.